The third-order valence-electron chi connectivity index (χ3n) is 4.20. The monoisotopic (exact) mass is 292 g/mol. The summed E-state index contributed by atoms with van der Waals surface area (Å²) in [4.78, 5) is 23.4. The molecule has 0 aromatic heterocycles. The van der Waals surface area contributed by atoms with Crippen LogP contribution in [0.25, 0.3) is 0 Å². The zero-order valence-electron chi connectivity index (χ0n) is 12.1. The van der Waals surface area contributed by atoms with Gasteiger partial charge in [-0.1, -0.05) is 25.0 Å². The Kier molecular flexibility index (Phi) is 4.90. The van der Waals surface area contributed by atoms with Gasteiger partial charge < -0.3 is 5.11 Å². The molecule has 1 N–H and O–H groups in total. The van der Waals surface area contributed by atoms with Gasteiger partial charge in [-0.3, -0.25) is 19.8 Å². The lowest BCUT2D eigenvalue weighted by atomic mass is 10.0. The summed E-state index contributed by atoms with van der Waals surface area (Å²) in [5, 5.41) is 19.8. The fraction of sp³-hybridized carbons (Fsp3) is 0.533. The topological polar surface area (TPSA) is 83.7 Å². The summed E-state index contributed by atoms with van der Waals surface area (Å²) in [5.74, 6) is -0.837. The molecular weight excluding hydrogens is 272 g/mol. The highest BCUT2D eigenvalue weighted by Gasteiger charge is 2.29. The van der Waals surface area contributed by atoms with Gasteiger partial charge in [-0.25, -0.2) is 0 Å². The molecule has 0 amide bonds. The number of nitrogens with zero attached hydrogens (tertiary/aromatic N) is 2. The van der Waals surface area contributed by atoms with Crippen molar-refractivity contribution in [1.82, 2.24) is 4.90 Å². The molecule has 1 aromatic carbocycles. The SMILES string of the molecule is CC(c1ccc([N+](=O)[O-])cc1)N(CC(=O)O)C1CCCC1. The zero-order valence-corrected chi connectivity index (χ0v) is 12.1. The van der Waals surface area contributed by atoms with Crippen LogP contribution in [0, 0.1) is 10.1 Å². The van der Waals surface area contributed by atoms with Crippen molar-refractivity contribution in [1.29, 1.82) is 0 Å². The predicted octanol–water partition coefficient (Wildman–Crippen LogP) is 2.99. The molecule has 1 aliphatic rings. The van der Waals surface area contributed by atoms with Gasteiger partial charge in [0.2, 0.25) is 0 Å². The van der Waals surface area contributed by atoms with Crippen LogP contribution in [0.4, 0.5) is 5.69 Å². The minimum absolute atomic E-state index is 0.00280. The third kappa shape index (κ3) is 3.78. The predicted molar refractivity (Wildman–Crippen MR) is 78.1 cm³/mol. The summed E-state index contributed by atoms with van der Waals surface area (Å²) in [7, 11) is 0. The molecule has 114 valence electrons. The minimum atomic E-state index is -0.837. The molecule has 0 heterocycles. The van der Waals surface area contributed by atoms with Gasteiger partial charge >= 0.3 is 5.97 Å². The maximum Gasteiger partial charge on any atom is 0.317 e. The van der Waals surface area contributed by atoms with E-state index in [1.165, 1.54) is 12.1 Å². The smallest absolute Gasteiger partial charge is 0.317 e. The Hall–Kier alpha value is -1.95. The van der Waals surface area contributed by atoms with Crippen molar-refractivity contribution in [2.75, 3.05) is 6.54 Å². The lowest BCUT2D eigenvalue weighted by molar-refractivity contribution is -0.384. The Morgan fingerprint density at radius 1 is 1.38 bits per heavy atom. The number of benzene rings is 1. The van der Waals surface area contributed by atoms with E-state index in [0.717, 1.165) is 31.2 Å². The van der Waals surface area contributed by atoms with Crippen molar-refractivity contribution in [3.05, 3.63) is 39.9 Å². The van der Waals surface area contributed by atoms with E-state index < -0.39 is 10.9 Å². The van der Waals surface area contributed by atoms with Gasteiger partial charge in [0, 0.05) is 24.2 Å². The van der Waals surface area contributed by atoms with Crippen molar-refractivity contribution in [2.45, 2.75) is 44.7 Å². The molecule has 1 unspecified atom stereocenters. The van der Waals surface area contributed by atoms with Crippen LogP contribution in [0.1, 0.15) is 44.2 Å². The van der Waals surface area contributed by atoms with E-state index in [2.05, 4.69) is 0 Å². The van der Waals surface area contributed by atoms with Crippen molar-refractivity contribution in [3.63, 3.8) is 0 Å². The van der Waals surface area contributed by atoms with Crippen molar-refractivity contribution < 1.29 is 14.8 Å². The molecule has 2 rings (SSSR count). The number of hydrogen-bond donors (Lipinski definition) is 1. The van der Waals surface area contributed by atoms with Crippen LogP contribution in [0.15, 0.2) is 24.3 Å². The fourth-order valence-electron chi connectivity index (χ4n) is 3.04. The second-order valence-electron chi connectivity index (χ2n) is 5.53. The van der Waals surface area contributed by atoms with E-state index in [-0.39, 0.29) is 24.3 Å². The Labute approximate surface area is 123 Å². The maximum absolute atomic E-state index is 11.1. The molecule has 21 heavy (non-hydrogen) atoms. The molecule has 0 aliphatic heterocycles. The van der Waals surface area contributed by atoms with E-state index in [1.807, 2.05) is 11.8 Å². The number of carboxylic acids is 1. The number of non-ortho nitro benzene ring substituents is 1. The summed E-state index contributed by atoms with van der Waals surface area (Å²) in [5.41, 5.74) is 0.963. The van der Waals surface area contributed by atoms with Gasteiger partial charge in [0.05, 0.1) is 11.5 Å². The van der Waals surface area contributed by atoms with Gasteiger partial charge in [0.1, 0.15) is 0 Å². The Bertz CT molecular complexity index is 509. The molecule has 6 heteroatoms. The van der Waals surface area contributed by atoms with Crippen LogP contribution in [0.3, 0.4) is 0 Å². The summed E-state index contributed by atoms with van der Waals surface area (Å²) < 4.78 is 0. The van der Waals surface area contributed by atoms with Crippen LogP contribution in [-0.2, 0) is 4.79 Å². The van der Waals surface area contributed by atoms with Crippen LogP contribution in [0.5, 0.6) is 0 Å². The first kappa shape index (κ1) is 15.4. The normalized spacial score (nSPS) is 17.0. The first-order valence-corrected chi connectivity index (χ1v) is 7.21. The fourth-order valence-corrected chi connectivity index (χ4v) is 3.04. The third-order valence-corrected chi connectivity index (χ3v) is 4.20. The van der Waals surface area contributed by atoms with Gasteiger partial charge in [-0.2, -0.15) is 0 Å². The lowest BCUT2D eigenvalue weighted by Crippen LogP contribution is -2.39. The second kappa shape index (κ2) is 6.67. The first-order valence-electron chi connectivity index (χ1n) is 7.21. The number of nitro groups is 1. The molecule has 0 saturated heterocycles. The molecule has 1 saturated carbocycles. The molecule has 0 radical (unpaired) electrons. The standard InChI is InChI=1S/C15H20N2O4/c1-11(12-6-8-14(9-7-12)17(20)21)16(10-15(18)19)13-4-2-3-5-13/h6-9,11,13H,2-5,10H2,1H3,(H,18,19). The van der Waals surface area contributed by atoms with Crippen molar-refractivity contribution >= 4 is 11.7 Å². The summed E-state index contributed by atoms with van der Waals surface area (Å²) >= 11 is 0. The van der Waals surface area contributed by atoms with E-state index in [9.17, 15) is 14.9 Å². The van der Waals surface area contributed by atoms with E-state index in [0.29, 0.717) is 0 Å². The Morgan fingerprint density at radius 3 is 2.43 bits per heavy atom. The molecule has 1 fully saturated rings. The number of hydrogen-bond acceptors (Lipinski definition) is 4. The number of aliphatic carboxylic acids is 1. The largest absolute Gasteiger partial charge is 0.480 e. The van der Waals surface area contributed by atoms with Crippen molar-refractivity contribution in [3.8, 4) is 0 Å². The van der Waals surface area contributed by atoms with Crippen LogP contribution >= 0.6 is 0 Å². The molecule has 1 atom stereocenters. The first-order chi connectivity index (χ1) is 9.99. The van der Waals surface area contributed by atoms with Gasteiger partial charge in [-0.05, 0) is 25.3 Å². The van der Waals surface area contributed by atoms with Gasteiger partial charge in [0.15, 0.2) is 0 Å². The molecule has 0 spiro atoms. The molecule has 1 aliphatic carbocycles. The second-order valence-corrected chi connectivity index (χ2v) is 5.53. The maximum atomic E-state index is 11.1. The highest BCUT2D eigenvalue weighted by Crippen LogP contribution is 2.31. The zero-order chi connectivity index (χ0) is 15.4. The Balaban J connectivity index is 2.17. The van der Waals surface area contributed by atoms with Gasteiger partial charge in [-0.15, -0.1) is 0 Å². The average molecular weight is 292 g/mol. The average Bonchev–Trinajstić information content (AvgIpc) is 2.98. The summed E-state index contributed by atoms with van der Waals surface area (Å²) in [6.07, 6.45) is 4.30. The lowest BCUT2D eigenvalue weighted by Gasteiger charge is -2.33. The molecule has 6 nitrogen and oxygen atoms in total. The van der Waals surface area contributed by atoms with Gasteiger partial charge in [0.25, 0.3) is 5.69 Å². The number of rotatable bonds is 6. The number of nitro benzene ring substituents is 1. The van der Waals surface area contributed by atoms with Crippen LogP contribution in [0.2, 0.25) is 0 Å². The summed E-state index contributed by atoms with van der Waals surface area (Å²) in [6.45, 7) is 1.96. The van der Waals surface area contributed by atoms with E-state index in [4.69, 9.17) is 5.11 Å². The highest BCUT2D eigenvalue weighted by molar-refractivity contribution is 5.69. The van der Waals surface area contributed by atoms with Crippen LogP contribution < -0.4 is 0 Å². The summed E-state index contributed by atoms with van der Waals surface area (Å²) in [6, 6.07) is 6.59. The molecule has 1 aromatic rings. The Morgan fingerprint density at radius 2 is 1.95 bits per heavy atom. The van der Waals surface area contributed by atoms with Crippen LogP contribution in [-0.4, -0.2) is 33.5 Å². The highest BCUT2D eigenvalue weighted by atomic mass is 16.6. The van der Waals surface area contributed by atoms with E-state index in [1.54, 1.807) is 12.1 Å². The quantitative estimate of drug-likeness (QED) is 0.643. The molecular formula is C15H20N2O4. The van der Waals surface area contributed by atoms with Crippen molar-refractivity contribution in [2.24, 2.45) is 0 Å². The van der Waals surface area contributed by atoms with E-state index >= 15 is 0 Å². The number of carbonyl (C=O) groups is 1. The molecule has 0 bridgehead atoms. The minimum Gasteiger partial charge on any atom is -0.480 e. The number of carboxylic acid groups (broad SMARTS) is 1.